The Hall–Kier alpha value is -4.46. The molecule has 4 aromatic rings. The predicted molar refractivity (Wildman–Crippen MR) is 123 cm³/mol. The van der Waals surface area contributed by atoms with Crippen LogP contribution >= 0.6 is 0 Å². The van der Waals surface area contributed by atoms with E-state index in [0.717, 1.165) is 11.4 Å². The van der Waals surface area contributed by atoms with Crippen molar-refractivity contribution < 1.29 is 19.4 Å². The summed E-state index contributed by atoms with van der Waals surface area (Å²) >= 11 is 0. The molecule has 0 spiro atoms. The van der Waals surface area contributed by atoms with Crippen LogP contribution in [0, 0.1) is 20.8 Å². The lowest BCUT2D eigenvalue weighted by atomic mass is 10.1. The van der Waals surface area contributed by atoms with Crippen LogP contribution in [-0.4, -0.2) is 37.5 Å². The first-order chi connectivity index (χ1) is 15.9. The second kappa shape index (κ2) is 10.7. The maximum Gasteiger partial charge on any atom is 0.335 e. The van der Waals surface area contributed by atoms with Crippen LogP contribution in [0.15, 0.2) is 67.3 Å². The Bertz CT molecular complexity index is 1290. The van der Waals surface area contributed by atoms with Gasteiger partial charge in [0.1, 0.15) is 5.75 Å². The first-order valence-corrected chi connectivity index (χ1v) is 10.0. The Balaban J connectivity index is 0.000000189. The molecule has 8 heteroatoms. The summed E-state index contributed by atoms with van der Waals surface area (Å²) in [7, 11) is 0. The second-order valence-corrected chi connectivity index (χ2v) is 7.15. The van der Waals surface area contributed by atoms with E-state index in [0.29, 0.717) is 23.6 Å². The molecule has 0 saturated heterocycles. The fraction of sp³-hybridized carbons (Fsp3) is 0.120. The molecule has 0 radical (unpaired) electrons. The number of aromatic nitrogens is 4. The molecule has 8 nitrogen and oxygen atoms in total. The molecule has 0 bridgehead atoms. The average molecular weight is 442 g/mol. The van der Waals surface area contributed by atoms with Gasteiger partial charge < -0.3 is 9.84 Å². The first kappa shape index (κ1) is 23.2. The van der Waals surface area contributed by atoms with Gasteiger partial charge in [0.05, 0.1) is 28.3 Å². The standard InChI is InChI=1S/C13H14N2.C12H8N2O4/c1-9-4-6-14-12(8-9)13-11(3)10(2)5-7-15-13;15-7-18-9-2-4-14-11(6-9)10-5-8(12(16)17)1-3-13-10/h4-8H,1-3H3;1-7H,(H,16,17). The summed E-state index contributed by atoms with van der Waals surface area (Å²) in [6, 6.07) is 11.9. The van der Waals surface area contributed by atoms with Gasteiger partial charge in [-0.25, -0.2) is 4.79 Å². The fourth-order valence-electron chi connectivity index (χ4n) is 2.94. The summed E-state index contributed by atoms with van der Waals surface area (Å²) in [5, 5.41) is 8.88. The van der Waals surface area contributed by atoms with E-state index in [1.54, 1.807) is 0 Å². The Labute approximate surface area is 191 Å². The molecule has 166 valence electrons. The Morgan fingerprint density at radius 2 is 1.45 bits per heavy atom. The highest BCUT2D eigenvalue weighted by atomic mass is 16.5. The van der Waals surface area contributed by atoms with Gasteiger partial charge in [-0.2, -0.15) is 0 Å². The van der Waals surface area contributed by atoms with E-state index in [-0.39, 0.29) is 5.56 Å². The number of aromatic carboxylic acids is 1. The lowest BCUT2D eigenvalue weighted by Gasteiger charge is -2.06. The fourth-order valence-corrected chi connectivity index (χ4v) is 2.94. The van der Waals surface area contributed by atoms with Crippen LogP contribution in [-0.2, 0) is 4.79 Å². The van der Waals surface area contributed by atoms with Crippen molar-refractivity contribution in [3.63, 3.8) is 0 Å². The highest BCUT2D eigenvalue weighted by molar-refractivity contribution is 5.88. The van der Waals surface area contributed by atoms with E-state index < -0.39 is 5.97 Å². The number of hydrogen-bond donors (Lipinski definition) is 1. The summed E-state index contributed by atoms with van der Waals surface area (Å²) in [4.78, 5) is 37.9. The molecule has 4 rings (SSSR count). The number of carboxylic acid groups (broad SMARTS) is 1. The van der Waals surface area contributed by atoms with E-state index in [1.165, 1.54) is 53.3 Å². The minimum absolute atomic E-state index is 0.114. The molecular weight excluding hydrogens is 420 g/mol. The summed E-state index contributed by atoms with van der Waals surface area (Å²) in [5.74, 6) is -0.725. The quantitative estimate of drug-likeness (QED) is 0.451. The zero-order valence-electron chi connectivity index (χ0n) is 18.4. The van der Waals surface area contributed by atoms with Gasteiger partial charge in [-0.05, 0) is 73.9 Å². The van der Waals surface area contributed by atoms with Crippen LogP contribution in [0.3, 0.4) is 0 Å². The third kappa shape index (κ3) is 6.04. The van der Waals surface area contributed by atoms with E-state index in [1.807, 2.05) is 24.5 Å². The molecule has 0 atom stereocenters. The van der Waals surface area contributed by atoms with Crippen molar-refractivity contribution in [2.75, 3.05) is 0 Å². The number of hydrogen-bond acceptors (Lipinski definition) is 7. The van der Waals surface area contributed by atoms with Gasteiger partial charge in [0, 0.05) is 30.9 Å². The lowest BCUT2D eigenvalue weighted by Crippen LogP contribution is -1.98. The SMILES string of the molecule is Cc1ccnc(-c2nccc(C)c2C)c1.O=COc1ccnc(-c2cc(C(=O)O)ccn2)c1. The summed E-state index contributed by atoms with van der Waals surface area (Å²) in [6.07, 6.45) is 6.49. The van der Waals surface area contributed by atoms with Gasteiger partial charge >= 0.3 is 5.97 Å². The summed E-state index contributed by atoms with van der Waals surface area (Å²) in [6.45, 7) is 6.55. The molecule has 33 heavy (non-hydrogen) atoms. The summed E-state index contributed by atoms with van der Waals surface area (Å²) in [5.41, 5.74) is 6.55. The minimum Gasteiger partial charge on any atom is -0.478 e. The van der Waals surface area contributed by atoms with Crippen LogP contribution in [0.4, 0.5) is 0 Å². The smallest absolute Gasteiger partial charge is 0.335 e. The highest BCUT2D eigenvalue weighted by Crippen LogP contribution is 2.22. The van der Waals surface area contributed by atoms with E-state index in [9.17, 15) is 9.59 Å². The Kier molecular flexibility index (Phi) is 7.54. The van der Waals surface area contributed by atoms with Crippen molar-refractivity contribution in [3.8, 4) is 28.5 Å². The molecule has 0 aromatic carbocycles. The van der Waals surface area contributed by atoms with Crippen LogP contribution < -0.4 is 4.74 Å². The van der Waals surface area contributed by atoms with Crippen LogP contribution in [0.1, 0.15) is 27.0 Å². The van der Waals surface area contributed by atoms with Crippen molar-refractivity contribution in [1.82, 2.24) is 19.9 Å². The Morgan fingerprint density at radius 3 is 2.15 bits per heavy atom. The zero-order chi connectivity index (χ0) is 23.8. The van der Waals surface area contributed by atoms with E-state index >= 15 is 0 Å². The third-order valence-electron chi connectivity index (χ3n) is 4.82. The molecular formula is C25H22N4O4. The van der Waals surface area contributed by atoms with Gasteiger partial charge in [-0.15, -0.1) is 0 Å². The predicted octanol–water partition coefficient (Wildman–Crippen LogP) is 4.45. The second-order valence-electron chi connectivity index (χ2n) is 7.15. The lowest BCUT2D eigenvalue weighted by molar-refractivity contribution is -0.120. The van der Waals surface area contributed by atoms with Gasteiger partial charge in [0.2, 0.25) is 0 Å². The molecule has 4 heterocycles. The topological polar surface area (TPSA) is 115 Å². The molecule has 0 amide bonds. The van der Waals surface area contributed by atoms with Crippen molar-refractivity contribution in [2.24, 2.45) is 0 Å². The maximum atomic E-state index is 10.8. The number of carbonyl (C=O) groups excluding carboxylic acids is 1. The van der Waals surface area contributed by atoms with E-state index in [4.69, 9.17) is 5.11 Å². The minimum atomic E-state index is -1.04. The molecule has 0 aliphatic rings. The average Bonchev–Trinajstić information content (AvgIpc) is 2.82. The van der Waals surface area contributed by atoms with Crippen LogP contribution in [0.2, 0.25) is 0 Å². The molecule has 1 N–H and O–H groups in total. The molecule has 0 fully saturated rings. The van der Waals surface area contributed by atoms with Crippen molar-refractivity contribution in [3.05, 3.63) is 89.5 Å². The normalized spacial score (nSPS) is 10.0. The number of carbonyl (C=O) groups is 2. The molecule has 0 aliphatic carbocycles. The molecule has 4 aromatic heterocycles. The molecule has 0 aliphatic heterocycles. The maximum absolute atomic E-state index is 10.8. The number of aryl methyl sites for hydroxylation is 2. The van der Waals surface area contributed by atoms with Gasteiger partial charge in [-0.1, -0.05) is 0 Å². The summed E-state index contributed by atoms with van der Waals surface area (Å²) < 4.78 is 4.68. The van der Waals surface area contributed by atoms with Gasteiger partial charge in [-0.3, -0.25) is 24.7 Å². The highest BCUT2D eigenvalue weighted by Gasteiger charge is 2.08. The number of carboxylic acids is 1. The number of nitrogens with zero attached hydrogens (tertiary/aromatic N) is 4. The molecule has 0 unspecified atom stereocenters. The number of rotatable bonds is 5. The van der Waals surface area contributed by atoms with Crippen molar-refractivity contribution in [1.29, 1.82) is 0 Å². The van der Waals surface area contributed by atoms with Crippen LogP contribution in [0.25, 0.3) is 22.8 Å². The zero-order valence-corrected chi connectivity index (χ0v) is 18.4. The largest absolute Gasteiger partial charge is 0.478 e. The van der Waals surface area contributed by atoms with Crippen molar-refractivity contribution in [2.45, 2.75) is 20.8 Å². The number of pyridine rings is 4. The van der Waals surface area contributed by atoms with Gasteiger partial charge in [0.15, 0.2) is 0 Å². The van der Waals surface area contributed by atoms with E-state index in [2.05, 4.69) is 51.5 Å². The molecule has 0 saturated carbocycles. The number of ether oxygens (including phenoxy) is 1. The van der Waals surface area contributed by atoms with Crippen molar-refractivity contribution >= 4 is 12.4 Å². The van der Waals surface area contributed by atoms with Crippen LogP contribution in [0.5, 0.6) is 5.75 Å². The first-order valence-electron chi connectivity index (χ1n) is 10.0. The third-order valence-corrected chi connectivity index (χ3v) is 4.82. The Morgan fingerprint density at radius 1 is 0.818 bits per heavy atom. The monoisotopic (exact) mass is 442 g/mol. The van der Waals surface area contributed by atoms with Gasteiger partial charge in [0.25, 0.3) is 6.47 Å².